The van der Waals surface area contributed by atoms with Gasteiger partial charge in [-0.1, -0.05) is 65.3 Å². The second-order valence-corrected chi connectivity index (χ2v) is 7.07. The van der Waals surface area contributed by atoms with Crippen LogP contribution in [-0.2, 0) is 5.54 Å². The van der Waals surface area contributed by atoms with Gasteiger partial charge in [0.2, 0.25) is 0 Å². The lowest BCUT2D eigenvalue weighted by Crippen LogP contribution is -2.37. The monoisotopic (exact) mass is 345 g/mol. The van der Waals surface area contributed by atoms with Crippen LogP contribution in [0.3, 0.4) is 0 Å². The summed E-state index contributed by atoms with van der Waals surface area (Å²) < 4.78 is 1.12. The third-order valence-corrected chi connectivity index (χ3v) is 4.61. The average molecular weight is 346 g/mol. The van der Waals surface area contributed by atoms with Gasteiger partial charge in [-0.3, -0.25) is 0 Å². The van der Waals surface area contributed by atoms with Gasteiger partial charge in [0.05, 0.1) is 0 Å². The second kappa shape index (κ2) is 7.24. The summed E-state index contributed by atoms with van der Waals surface area (Å²) >= 11 is 3.49. The summed E-state index contributed by atoms with van der Waals surface area (Å²) in [5, 5.41) is 3.68. The quantitative estimate of drug-likeness (QED) is 0.732. The Morgan fingerprint density at radius 3 is 2.24 bits per heavy atom. The van der Waals surface area contributed by atoms with Crippen LogP contribution < -0.4 is 5.32 Å². The predicted octanol–water partition coefficient (Wildman–Crippen LogP) is 5.47. The third-order valence-electron chi connectivity index (χ3n) is 4.08. The molecule has 1 nitrogen and oxygen atoms in total. The van der Waals surface area contributed by atoms with E-state index in [0.717, 1.165) is 17.4 Å². The zero-order valence-electron chi connectivity index (χ0n) is 13.1. The van der Waals surface area contributed by atoms with Gasteiger partial charge >= 0.3 is 0 Å². The third kappa shape index (κ3) is 4.69. The Morgan fingerprint density at radius 1 is 1.00 bits per heavy atom. The molecule has 1 atom stereocenters. The van der Waals surface area contributed by atoms with Crippen molar-refractivity contribution in [3.05, 3.63) is 70.2 Å². The highest BCUT2D eigenvalue weighted by Crippen LogP contribution is 2.23. The highest BCUT2D eigenvalue weighted by atomic mass is 79.9. The lowest BCUT2D eigenvalue weighted by Gasteiger charge is -2.28. The van der Waals surface area contributed by atoms with Crippen LogP contribution in [0, 0.1) is 0 Å². The molecule has 0 aromatic heterocycles. The summed E-state index contributed by atoms with van der Waals surface area (Å²) in [6.07, 6.45) is 1.14. The van der Waals surface area contributed by atoms with Crippen LogP contribution in [0.2, 0.25) is 0 Å². The minimum Gasteiger partial charge on any atom is -0.308 e. The summed E-state index contributed by atoms with van der Waals surface area (Å²) in [7, 11) is 0. The molecule has 0 aliphatic carbocycles. The number of hydrogen-bond acceptors (Lipinski definition) is 1. The van der Waals surface area contributed by atoms with Crippen molar-refractivity contribution in [2.45, 2.75) is 38.6 Å². The zero-order valence-corrected chi connectivity index (χ0v) is 14.7. The van der Waals surface area contributed by atoms with Gasteiger partial charge < -0.3 is 5.32 Å². The van der Waals surface area contributed by atoms with E-state index < -0.39 is 0 Å². The molecule has 0 spiro atoms. The lowest BCUT2D eigenvalue weighted by molar-refractivity contribution is 0.393. The van der Waals surface area contributed by atoms with Gasteiger partial charge in [0.25, 0.3) is 0 Å². The van der Waals surface area contributed by atoms with Gasteiger partial charge in [0.1, 0.15) is 0 Å². The maximum atomic E-state index is 3.68. The van der Waals surface area contributed by atoms with Gasteiger partial charge in [-0.05, 0) is 56.0 Å². The molecule has 1 N–H and O–H groups in total. The van der Waals surface area contributed by atoms with Crippen LogP contribution in [0.4, 0.5) is 0 Å². The number of benzene rings is 2. The second-order valence-electron chi connectivity index (χ2n) is 6.16. The molecule has 0 saturated heterocycles. The van der Waals surface area contributed by atoms with Crippen molar-refractivity contribution >= 4 is 15.9 Å². The fourth-order valence-corrected chi connectivity index (χ4v) is 2.78. The first-order valence-electron chi connectivity index (χ1n) is 7.55. The summed E-state index contributed by atoms with van der Waals surface area (Å²) in [4.78, 5) is 0. The van der Waals surface area contributed by atoms with Crippen LogP contribution in [0.5, 0.6) is 0 Å². The van der Waals surface area contributed by atoms with E-state index in [9.17, 15) is 0 Å². The normalized spacial score (nSPS) is 13.1. The molecule has 2 aromatic carbocycles. The maximum absolute atomic E-state index is 3.68. The maximum Gasteiger partial charge on any atom is 0.0377 e. The molecule has 0 radical (unpaired) electrons. The molecule has 0 saturated carbocycles. The molecular weight excluding hydrogens is 322 g/mol. The van der Waals surface area contributed by atoms with Crippen LogP contribution >= 0.6 is 15.9 Å². The first kappa shape index (κ1) is 16.3. The van der Waals surface area contributed by atoms with E-state index >= 15 is 0 Å². The minimum atomic E-state index is -0.00287. The smallest absolute Gasteiger partial charge is 0.0377 e. The minimum absolute atomic E-state index is 0.00287. The molecule has 2 rings (SSSR count). The standard InChI is InChI=1S/C19H24BrN/c1-15(16-7-5-4-6-8-16)13-14-21-19(2,3)17-9-11-18(20)12-10-17/h4-12,15,21H,13-14H2,1-3H3. The molecular formula is C19H24BrN. The number of halogens is 1. The fraction of sp³-hybridized carbons (Fsp3) is 0.368. The van der Waals surface area contributed by atoms with Crippen molar-refractivity contribution in [2.24, 2.45) is 0 Å². The number of nitrogens with one attached hydrogen (secondary N) is 1. The van der Waals surface area contributed by atoms with E-state index in [2.05, 4.69) is 96.6 Å². The van der Waals surface area contributed by atoms with Crippen molar-refractivity contribution < 1.29 is 0 Å². The van der Waals surface area contributed by atoms with Crippen molar-refractivity contribution in [3.63, 3.8) is 0 Å². The molecule has 0 fully saturated rings. The van der Waals surface area contributed by atoms with Crippen LogP contribution in [-0.4, -0.2) is 6.54 Å². The van der Waals surface area contributed by atoms with E-state index in [0.29, 0.717) is 5.92 Å². The van der Waals surface area contributed by atoms with Crippen molar-refractivity contribution in [1.29, 1.82) is 0 Å². The topological polar surface area (TPSA) is 12.0 Å². The van der Waals surface area contributed by atoms with Gasteiger partial charge in [0, 0.05) is 10.0 Å². The molecule has 0 bridgehead atoms. The van der Waals surface area contributed by atoms with Gasteiger partial charge in [-0.2, -0.15) is 0 Å². The van der Waals surface area contributed by atoms with Crippen molar-refractivity contribution in [3.8, 4) is 0 Å². The molecule has 0 aliphatic rings. The fourth-order valence-electron chi connectivity index (χ4n) is 2.52. The number of hydrogen-bond donors (Lipinski definition) is 1. The van der Waals surface area contributed by atoms with Crippen molar-refractivity contribution in [1.82, 2.24) is 5.32 Å². The summed E-state index contributed by atoms with van der Waals surface area (Å²) in [6, 6.07) is 19.3. The van der Waals surface area contributed by atoms with Crippen LogP contribution in [0.15, 0.2) is 59.1 Å². The molecule has 1 unspecified atom stereocenters. The average Bonchev–Trinajstić information content (AvgIpc) is 2.48. The van der Waals surface area contributed by atoms with E-state index in [-0.39, 0.29) is 5.54 Å². The van der Waals surface area contributed by atoms with E-state index in [1.165, 1.54) is 11.1 Å². The highest BCUT2D eigenvalue weighted by Gasteiger charge is 2.19. The van der Waals surface area contributed by atoms with Gasteiger partial charge in [0.15, 0.2) is 0 Å². The largest absolute Gasteiger partial charge is 0.308 e. The Hall–Kier alpha value is -1.12. The Kier molecular flexibility index (Phi) is 5.60. The Labute approximate surface area is 136 Å². The Balaban J connectivity index is 1.88. The Morgan fingerprint density at radius 2 is 1.62 bits per heavy atom. The molecule has 0 heterocycles. The summed E-state index contributed by atoms with van der Waals surface area (Å²) in [5.74, 6) is 0.583. The van der Waals surface area contributed by atoms with E-state index in [1.54, 1.807) is 0 Å². The first-order valence-corrected chi connectivity index (χ1v) is 8.34. The van der Waals surface area contributed by atoms with E-state index in [4.69, 9.17) is 0 Å². The van der Waals surface area contributed by atoms with Gasteiger partial charge in [-0.25, -0.2) is 0 Å². The Bertz CT molecular complexity index is 546. The highest BCUT2D eigenvalue weighted by molar-refractivity contribution is 9.10. The van der Waals surface area contributed by atoms with Gasteiger partial charge in [-0.15, -0.1) is 0 Å². The lowest BCUT2D eigenvalue weighted by atomic mass is 9.93. The predicted molar refractivity (Wildman–Crippen MR) is 94.6 cm³/mol. The van der Waals surface area contributed by atoms with Crippen LogP contribution in [0.1, 0.15) is 44.2 Å². The summed E-state index contributed by atoms with van der Waals surface area (Å²) in [5.41, 5.74) is 2.73. The number of rotatable bonds is 6. The molecule has 0 amide bonds. The zero-order chi connectivity index (χ0) is 15.3. The summed E-state index contributed by atoms with van der Waals surface area (Å²) in [6.45, 7) is 7.79. The molecule has 21 heavy (non-hydrogen) atoms. The first-order chi connectivity index (χ1) is 9.99. The van der Waals surface area contributed by atoms with E-state index in [1.807, 2.05) is 0 Å². The van der Waals surface area contributed by atoms with Crippen LogP contribution in [0.25, 0.3) is 0 Å². The molecule has 2 heteroatoms. The van der Waals surface area contributed by atoms with Crippen molar-refractivity contribution in [2.75, 3.05) is 6.54 Å². The molecule has 2 aromatic rings. The SMILES string of the molecule is CC(CCNC(C)(C)c1ccc(Br)cc1)c1ccccc1. The molecule has 112 valence electrons. The molecule has 0 aliphatic heterocycles.